The summed E-state index contributed by atoms with van der Waals surface area (Å²) in [5, 5.41) is 3.62. The molecular weight excluding hydrogens is 222 g/mol. The van der Waals surface area contributed by atoms with Crippen LogP contribution in [0.3, 0.4) is 0 Å². The number of benzene rings is 1. The second-order valence-electron chi connectivity index (χ2n) is 5.25. The van der Waals surface area contributed by atoms with Gasteiger partial charge in [0.25, 0.3) is 0 Å². The fourth-order valence-electron chi connectivity index (χ4n) is 2.50. The van der Waals surface area contributed by atoms with E-state index in [9.17, 15) is 0 Å². The van der Waals surface area contributed by atoms with Crippen molar-refractivity contribution in [3.8, 4) is 0 Å². The van der Waals surface area contributed by atoms with Crippen LogP contribution in [0, 0.1) is 0 Å². The van der Waals surface area contributed by atoms with Crippen molar-refractivity contribution in [2.24, 2.45) is 0 Å². The lowest BCUT2D eigenvalue weighted by Crippen LogP contribution is -2.30. The molecule has 0 aliphatic carbocycles. The molecule has 0 bridgehead atoms. The van der Waals surface area contributed by atoms with E-state index in [1.165, 1.54) is 24.2 Å². The average molecular weight is 247 g/mol. The van der Waals surface area contributed by atoms with E-state index in [0.717, 1.165) is 19.6 Å². The summed E-state index contributed by atoms with van der Waals surface area (Å²) in [4.78, 5) is 4.66. The normalized spacial score (nSPS) is 20.6. The van der Waals surface area contributed by atoms with Crippen LogP contribution in [0.2, 0.25) is 0 Å². The molecule has 1 N–H and O–H groups in total. The van der Waals surface area contributed by atoms with E-state index < -0.39 is 0 Å². The van der Waals surface area contributed by atoms with Crippen molar-refractivity contribution in [1.29, 1.82) is 0 Å². The zero-order valence-corrected chi connectivity index (χ0v) is 11.8. The van der Waals surface area contributed by atoms with E-state index in [1.807, 2.05) is 0 Å². The standard InChI is InChI=1S/C15H25N3/c1-4-13-8-10-18(11-9-16-13)15-7-5-6-14(12-15)17(2)3/h5-7,12-13,16H,4,8-11H2,1-3H3. The largest absolute Gasteiger partial charge is 0.378 e. The third-order valence-electron chi connectivity index (χ3n) is 3.77. The van der Waals surface area contributed by atoms with Crippen molar-refractivity contribution in [3.63, 3.8) is 0 Å². The predicted molar refractivity (Wildman–Crippen MR) is 79.7 cm³/mol. The molecule has 1 heterocycles. The highest BCUT2D eigenvalue weighted by atomic mass is 15.2. The summed E-state index contributed by atoms with van der Waals surface area (Å²) < 4.78 is 0. The van der Waals surface area contributed by atoms with E-state index in [-0.39, 0.29) is 0 Å². The number of nitrogens with one attached hydrogen (secondary N) is 1. The molecule has 18 heavy (non-hydrogen) atoms. The number of nitrogens with zero attached hydrogens (tertiary/aromatic N) is 2. The van der Waals surface area contributed by atoms with Crippen molar-refractivity contribution in [3.05, 3.63) is 24.3 Å². The highest BCUT2D eigenvalue weighted by molar-refractivity contribution is 5.58. The summed E-state index contributed by atoms with van der Waals surface area (Å²) in [6.07, 6.45) is 2.47. The molecule has 1 aliphatic heterocycles. The lowest BCUT2D eigenvalue weighted by Gasteiger charge is -2.24. The first-order chi connectivity index (χ1) is 8.70. The van der Waals surface area contributed by atoms with Crippen molar-refractivity contribution in [1.82, 2.24) is 5.32 Å². The van der Waals surface area contributed by atoms with Gasteiger partial charge in [-0.15, -0.1) is 0 Å². The Morgan fingerprint density at radius 1 is 1.33 bits per heavy atom. The van der Waals surface area contributed by atoms with Gasteiger partial charge >= 0.3 is 0 Å². The molecule has 1 aromatic carbocycles. The van der Waals surface area contributed by atoms with Gasteiger partial charge in [-0.05, 0) is 31.0 Å². The molecule has 0 saturated carbocycles. The van der Waals surface area contributed by atoms with Crippen LogP contribution in [0.4, 0.5) is 11.4 Å². The molecule has 100 valence electrons. The lowest BCUT2D eigenvalue weighted by atomic mass is 10.1. The highest BCUT2D eigenvalue weighted by Gasteiger charge is 2.15. The van der Waals surface area contributed by atoms with Gasteiger partial charge in [-0.1, -0.05) is 13.0 Å². The maximum absolute atomic E-state index is 3.62. The monoisotopic (exact) mass is 247 g/mol. The van der Waals surface area contributed by atoms with Crippen LogP contribution < -0.4 is 15.1 Å². The Labute approximate surface area is 111 Å². The van der Waals surface area contributed by atoms with Crippen LogP contribution >= 0.6 is 0 Å². The third-order valence-corrected chi connectivity index (χ3v) is 3.77. The molecule has 2 rings (SSSR count). The van der Waals surface area contributed by atoms with Gasteiger partial charge in [0.05, 0.1) is 0 Å². The molecule has 0 spiro atoms. The summed E-state index contributed by atoms with van der Waals surface area (Å²) in [7, 11) is 4.19. The molecule has 0 radical (unpaired) electrons. The average Bonchev–Trinajstić information content (AvgIpc) is 2.64. The van der Waals surface area contributed by atoms with E-state index in [2.05, 4.69) is 60.4 Å². The van der Waals surface area contributed by atoms with Crippen molar-refractivity contribution < 1.29 is 0 Å². The first kappa shape index (κ1) is 13.2. The summed E-state index contributed by atoms with van der Waals surface area (Å²) in [6.45, 7) is 5.61. The minimum atomic E-state index is 0.687. The van der Waals surface area contributed by atoms with Crippen LogP contribution in [0.15, 0.2) is 24.3 Å². The smallest absolute Gasteiger partial charge is 0.0387 e. The van der Waals surface area contributed by atoms with Gasteiger partial charge in [-0.3, -0.25) is 0 Å². The van der Waals surface area contributed by atoms with Crippen LogP contribution in [0.5, 0.6) is 0 Å². The quantitative estimate of drug-likeness (QED) is 0.884. The van der Waals surface area contributed by atoms with Gasteiger partial charge in [0.1, 0.15) is 0 Å². The molecule has 1 fully saturated rings. The fourth-order valence-corrected chi connectivity index (χ4v) is 2.50. The minimum Gasteiger partial charge on any atom is -0.378 e. The Kier molecular flexibility index (Phi) is 4.48. The minimum absolute atomic E-state index is 0.687. The van der Waals surface area contributed by atoms with E-state index >= 15 is 0 Å². The number of rotatable bonds is 3. The first-order valence-corrected chi connectivity index (χ1v) is 6.96. The van der Waals surface area contributed by atoms with Crippen LogP contribution in [0.1, 0.15) is 19.8 Å². The van der Waals surface area contributed by atoms with Crippen LogP contribution in [0.25, 0.3) is 0 Å². The maximum atomic E-state index is 3.62. The van der Waals surface area contributed by atoms with Gasteiger partial charge in [-0.25, -0.2) is 0 Å². The van der Waals surface area contributed by atoms with E-state index in [0.29, 0.717) is 6.04 Å². The van der Waals surface area contributed by atoms with Gasteiger partial charge < -0.3 is 15.1 Å². The van der Waals surface area contributed by atoms with Gasteiger partial charge in [0, 0.05) is 51.1 Å². The highest BCUT2D eigenvalue weighted by Crippen LogP contribution is 2.22. The molecule has 1 saturated heterocycles. The van der Waals surface area contributed by atoms with Gasteiger partial charge in [0.2, 0.25) is 0 Å². The number of hydrogen-bond donors (Lipinski definition) is 1. The summed E-state index contributed by atoms with van der Waals surface area (Å²) >= 11 is 0. The van der Waals surface area contributed by atoms with Gasteiger partial charge in [-0.2, -0.15) is 0 Å². The summed E-state index contributed by atoms with van der Waals surface area (Å²) in [5.41, 5.74) is 2.62. The first-order valence-electron chi connectivity index (χ1n) is 6.96. The summed E-state index contributed by atoms with van der Waals surface area (Å²) in [6, 6.07) is 9.51. The van der Waals surface area contributed by atoms with E-state index in [4.69, 9.17) is 0 Å². The third kappa shape index (κ3) is 3.16. The second kappa shape index (κ2) is 6.10. The Morgan fingerprint density at radius 2 is 2.17 bits per heavy atom. The topological polar surface area (TPSA) is 18.5 Å². The van der Waals surface area contributed by atoms with Gasteiger partial charge in [0.15, 0.2) is 0 Å². The Balaban J connectivity index is 2.08. The Hall–Kier alpha value is -1.22. The predicted octanol–water partition coefficient (Wildman–Crippen LogP) is 2.33. The molecule has 1 aromatic rings. The molecule has 0 amide bonds. The molecule has 3 heteroatoms. The lowest BCUT2D eigenvalue weighted by molar-refractivity contribution is 0.510. The van der Waals surface area contributed by atoms with Crippen molar-refractivity contribution >= 4 is 11.4 Å². The van der Waals surface area contributed by atoms with Crippen molar-refractivity contribution in [2.45, 2.75) is 25.8 Å². The van der Waals surface area contributed by atoms with Crippen molar-refractivity contribution in [2.75, 3.05) is 43.5 Å². The van der Waals surface area contributed by atoms with E-state index in [1.54, 1.807) is 0 Å². The molecule has 1 aliphatic rings. The SMILES string of the molecule is CCC1CCN(c2cccc(N(C)C)c2)CCN1. The fraction of sp³-hybridized carbons (Fsp3) is 0.600. The Morgan fingerprint density at radius 3 is 2.89 bits per heavy atom. The maximum Gasteiger partial charge on any atom is 0.0387 e. The number of anilines is 2. The van der Waals surface area contributed by atoms with Crippen LogP contribution in [-0.4, -0.2) is 39.8 Å². The zero-order valence-electron chi connectivity index (χ0n) is 11.8. The zero-order chi connectivity index (χ0) is 13.0. The van der Waals surface area contributed by atoms with Crippen LogP contribution in [-0.2, 0) is 0 Å². The number of hydrogen-bond acceptors (Lipinski definition) is 3. The molecule has 1 atom stereocenters. The second-order valence-corrected chi connectivity index (χ2v) is 5.25. The molecule has 1 unspecified atom stereocenters. The Bertz CT molecular complexity index is 376. The summed E-state index contributed by atoms with van der Waals surface area (Å²) in [5.74, 6) is 0. The molecule has 0 aromatic heterocycles. The molecule has 3 nitrogen and oxygen atoms in total. The molecular formula is C15H25N3.